The SMILES string of the molecule is Cc1ccccc1/C=C/c1ccc(C=O)cc1. The van der Waals surface area contributed by atoms with Crippen molar-refractivity contribution >= 4 is 18.4 Å². The van der Waals surface area contributed by atoms with Gasteiger partial charge in [0.05, 0.1) is 0 Å². The Morgan fingerprint density at radius 2 is 1.47 bits per heavy atom. The van der Waals surface area contributed by atoms with Crippen molar-refractivity contribution in [2.75, 3.05) is 0 Å². The summed E-state index contributed by atoms with van der Waals surface area (Å²) >= 11 is 0. The molecule has 0 atom stereocenters. The molecule has 0 saturated heterocycles. The minimum absolute atomic E-state index is 0.707. The normalized spacial score (nSPS) is 10.6. The van der Waals surface area contributed by atoms with Crippen LogP contribution in [-0.2, 0) is 0 Å². The molecule has 84 valence electrons. The van der Waals surface area contributed by atoms with Crippen LogP contribution in [0.25, 0.3) is 12.2 Å². The summed E-state index contributed by atoms with van der Waals surface area (Å²) in [7, 11) is 0. The Kier molecular flexibility index (Phi) is 3.51. The number of carbonyl (C=O) groups is 1. The van der Waals surface area contributed by atoms with Gasteiger partial charge in [-0.2, -0.15) is 0 Å². The summed E-state index contributed by atoms with van der Waals surface area (Å²) in [6, 6.07) is 15.8. The van der Waals surface area contributed by atoms with Crippen molar-refractivity contribution in [2.45, 2.75) is 6.92 Å². The van der Waals surface area contributed by atoms with Crippen LogP contribution in [0, 0.1) is 6.92 Å². The highest BCUT2D eigenvalue weighted by atomic mass is 16.1. The number of carbonyl (C=O) groups excluding carboxylic acids is 1. The maximum absolute atomic E-state index is 10.5. The first-order valence-corrected chi connectivity index (χ1v) is 5.58. The molecule has 0 bridgehead atoms. The van der Waals surface area contributed by atoms with Crippen LogP contribution in [0.15, 0.2) is 48.5 Å². The van der Waals surface area contributed by atoms with E-state index in [1.807, 2.05) is 36.4 Å². The van der Waals surface area contributed by atoms with Crippen LogP contribution in [0.4, 0.5) is 0 Å². The minimum atomic E-state index is 0.707. The molecule has 0 spiro atoms. The first kappa shape index (κ1) is 11.3. The van der Waals surface area contributed by atoms with Gasteiger partial charge < -0.3 is 0 Å². The highest BCUT2D eigenvalue weighted by Gasteiger charge is 1.92. The standard InChI is InChI=1S/C16H14O/c1-13-4-2-3-5-16(13)11-10-14-6-8-15(12-17)9-7-14/h2-12H,1H3/b11-10+. The minimum Gasteiger partial charge on any atom is -0.298 e. The van der Waals surface area contributed by atoms with Crippen molar-refractivity contribution in [3.8, 4) is 0 Å². The molecule has 0 aliphatic rings. The Balaban J connectivity index is 2.20. The van der Waals surface area contributed by atoms with E-state index in [1.54, 1.807) is 0 Å². The zero-order chi connectivity index (χ0) is 12.1. The fourth-order valence-corrected chi connectivity index (χ4v) is 1.65. The molecule has 17 heavy (non-hydrogen) atoms. The van der Waals surface area contributed by atoms with Gasteiger partial charge in [0.25, 0.3) is 0 Å². The van der Waals surface area contributed by atoms with Crippen LogP contribution >= 0.6 is 0 Å². The van der Waals surface area contributed by atoms with Crippen molar-refractivity contribution in [2.24, 2.45) is 0 Å². The van der Waals surface area contributed by atoms with Crippen LogP contribution in [0.1, 0.15) is 27.0 Å². The molecule has 0 saturated carbocycles. The molecule has 0 aliphatic heterocycles. The smallest absolute Gasteiger partial charge is 0.150 e. The van der Waals surface area contributed by atoms with Crippen LogP contribution in [-0.4, -0.2) is 6.29 Å². The molecule has 0 aliphatic carbocycles. The van der Waals surface area contributed by atoms with Gasteiger partial charge in [0.1, 0.15) is 6.29 Å². The van der Waals surface area contributed by atoms with Gasteiger partial charge in [-0.15, -0.1) is 0 Å². The molecule has 0 radical (unpaired) electrons. The average Bonchev–Trinajstić information content (AvgIpc) is 2.38. The average molecular weight is 222 g/mol. The van der Waals surface area contributed by atoms with Crippen molar-refractivity contribution in [3.63, 3.8) is 0 Å². The van der Waals surface area contributed by atoms with E-state index in [0.717, 1.165) is 11.8 Å². The Bertz CT molecular complexity index is 536. The second-order valence-corrected chi connectivity index (χ2v) is 3.97. The number of hydrogen-bond donors (Lipinski definition) is 0. The van der Waals surface area contributed by atoms with Crippen LogP contribution in [0.5, 0.6) is 0 Å². The van der Waals surface area contributed by atoms with Gasteiger partial charge in [-0.1, -0.05) is 60.7 Å². The molecule has 2 rings (SSSR count). The van der Waals surface area contributed by atoms with Gasteiger partial charge in [0.2, 0.25) is 0 Å². The summed E-state index contributed by atoms with van der Waals surface area (Å²) in [5.41, 5.74) is 4.28. The van der Waals surface area contributed by atoms with E-state index in [9.17, 15) is 4.79 Å². The zero-order valence-corrected chi connectivity index (χ0v) is 9.76. The molecule has 2 aromatic rings. The molecule has 0 amide bonds. The number of hydrogen-bond acceptors (Lipinski definition) is 1. The first-order chi connectivity index (χ1) is 8.29. The van der Waals surface area contributed by atoms with Gasteiger partial charge in [0.15, 0.2) is 0 Å². The van der Waals surface area contributed by atoms with Gasteiger partial charge in [0, 0.05) is 5.56 Å². The number of aldehydes is 1. The van der Waals surface area contributed by atoms with E-state index < -0.39 is 0 Å². The molecule has 2 aromatic carbocycles. The van der Waals surface area contributed by atoms with E-state index in [1.165, 1.54) is 11.1 Å². The summed E-state index contributed by atoms with van der Waals surface area (Å²) in [5, 5.41) is 0. The highest BCUT2D eigenvalue weighted by Crippen LogP contribution is 2.12. The maximum Gasteiger partial charge on any atom is 0.150 e. The van der Waals surface area contributed by atoms with Crippen LogP contribution in [0.2, 0.25) is 0 Å². The summed E-state index contributed by atoms with van der Waals surface area (Å²) in [4.78, 5) is 10.5. The van der Waals surface area contributed by atoms with Crippen molar-refractivity contribution < 1.29 is 4.79 Å². The van der Waals surface area contributed by atoms with E-state index >= 15 is 0 Å². The Morgan fingerprint density at radius 3 is 2.12 bits per heavy atom. The third kappa shape index (κ3) is 2.91. The molecule has 0 aromatic heterocycles. The van der Waals surface area contributed by atoms with Crippen molar-refractivity contribution in [3.05, 3.63) is 70.8 Å². The number of rotatable bonds is 3. The summed E-state index contributed by atoms with van der Waals surface area (Å²) in [5.74, 6) is 0. The van der Waals surface area contributed by atoms with Crippen LogP contribution in [0.3, 0.4) is 0 Å². The molecular weight excluding hydrogens is 208 g/mol. The van der Waals surface area contributed by atoms with E-state index in [2.05, 4.69) is 31.2 Å². The lowest BCUT2D eigenvalue weighted by atomic mass is 10.1. The van der Waals surface area contributed by atoms with Crippen molar-refractivity contribution in [1.29, 1.82) is 0 Å². The summed E-state index contributed by atoms with van der Waals surface area (Å²) in [6.45, 7) is 2.09. The third-order valence-electron chi connectivity index (χ3n) is 2.72. The lowest BCUT2D eigenvalue weighted by Gasteiger charge is -1.99. The Morgan fingerprint density at radius 1 is 0.824 bits per heavy atom. The lowest BCUT2D eigenvalue weighted by molar-refractivity contribution is 0.112. The van der Waals surface area contributed by atoms with E-state index in [-0.39, 0.29) is 0 Å². The predicted octanol–water partition coefficient (Wildman–Crippen LogP) is 3.98. The van der Waals surface area contributed by atoms with E-state index in [0.29, 0.717) is 5.56 Å². The number of aryl methyl sites for hydroxylation is 1. The van der Waals surface area contributed by atoms with Crippen molar-refractivity contribution in [1.82, 2.24) is 0 Å². The molecule has 0 heterocycles. The van der Waals surface area contributed by atoms with Gasteiger partial charge in [-0.25, -0.2) is 0 Å². The van der Waals surface area contributed by atoms with Gasteiger partial charge in [-0.3, -0.25) is 4.79 Å². The first-order valence-electron chi connectivity index (χ1n) is 5.58. The predicted molar refractivity (Wildman–Crippen MR) is 71.9 cm³/mol. The number of benzene rings is 2. The monoisotopic (exact) mass is 222 g/mol. The van der Waals surface area contributed by atoms with E-state index in [4.69, 9.17) is 0 Å². The largest absolute Gasteiger partial charge is 0.298 e. The second kappa shape index (κ2) is 5.26. The maximum atomic E-state index is 10.5. The topological polar surface area (TPSA) is 17.1 Å². The molecular formula is C16H14O. The van der Waals surface area contributed by atoms with Crippen LogP contribution < -0.4 is 0 Å². The fourth-order valence-electron chi connectivity index (χ4n) is 1.65. The molecule has 0 fully saturated rings. The second-order valence-electron chi connectivity index (χ2n) is 3.97. The quantitative estimate of drug-likeness (QED) is 0.567. The molecule has 0 N–H and O–H groups in total. The molecule has 1 heteroatoms. The highest BCUT2D eigenvalue weighted by molar-refractivity contribution is 5.77. The Labute approximate surface area is 101 Å². The summed E-state index contributed by atoms with van der Waals surface area (Å²) in [6.07, 6.45) is 5.00. The third-order valence-corrected chi connectivity index (χ3v) is 2.72. The lowest BCUT2D eigenvalue weighted by Crippen LogP contribution is -1.80. The molecule has 0 unspecified atom stereocenters. The van der Waals surface area contributed by atoms with Gasteiger partial charge >= 0.3 is 0 Å². The fraction of sp³-hybridized carbons (Fsp3) is 0.0625. The zero-order valence-electron chi connectivity index (χ0n) is 9.76. The van der Waals surface area contributed by atoms with Gasteiger partial charge in [-0.05, 0) is 23.6 Å². The molecule has 1 nitrogen and oxygen atoms in total. The Hall–Kier alpha value is -2.15. The summed E-state index contributed by atoms with van der Waals surface area (Å²) < 4.78 is 0.